The summed E-state index contributed by atoms with van der Waals surface area (Å²) in [6.07, 6.45) is 2.22. The molecular weight excluding hydrogens is 210 g/mol. The number of benzene rings is 1. The van der Waals surface area contributed by atoms with Crippen LogP contribution in [0.2, 0.25) is 0 Å². The zero-order chi connectivity index (χ0) is 12.1. The molecule has 3 nitrogen and oxygen atoms in total. The zero-order valence-corrected chi connectivity index (χ0v) is 9.69. The number of hydrogen-bond donors (Lipinski definition) is 1. The Labute approximate surface area is 102 Å². The molecule has 3 heteroatoms. The molecule has 0 radical (unpaired) electrons. The SMILES string of the molecule is N#CCCNC1CC(C#N)(c2ccccc2)C1. The largest absolute Gasteiger partial charge is 0.313 e. The van der Waals surface area contributed by atoms with Crippen molar-refractivity contribution < 1.29 is 0 Å². The molecule has 0 unspecified atom stereocenters. The van der Waals surface area contributed by atoms with Crippen LogP contribution in [0.15, 0.2) is 30.3 Å². The van der Waals surface area contributed by atoms with Crippen LogP contribution in [0.1, 0.15) is 24.8 Å². The molecule has 1 N–H and O–H groups in total. The summed E-state index contributed by atoms with van der Waals surface area (Å²) in [6.45, 7) is 0.720. The van der Waals surface area contributed by atoms with Gasteiger partial charge in [0.15, 0.2) is 0 Å². The molecule has 0 saturated heterocycles. The molecule has 0 bridgehead atoms. The molecule has 2 rings (SSSR count). The van der Waals surface area contributed by atoms with Crippen molar-refractivity contribution in [2.24, 2.45) is 0 Å². The fourth-order valence-corrected chi connectivity index (χ4v) is 2.41. The van der Waals surface area contributed by atoms with E-state index in [0.29, 0.717) is 12.5 Å². The van der Waals surface area contributed by atoms with E-state index in [9.17, 15) is 5.26 Å². The predicted octanol–water partition coefficient (Wildman–Crippen LogP) is 2.11. The van der Waals surface area contributed by atoms with Crippen molar-refractivity contribution in [3.05, 3.63) is 35.9 Å². The average Bonchev–Trinajstić information content (AvgIpc) is 2.34. The van der Waals surface area contributed by atoms with Gasteiger partial charge in [0.2, 0.25) is 0 Å². The third-order valence-corrected chi connectivity index (χ3v) is 3.40. The summed E-state index contributed by atoms with van der Waals surface area (Å²) in [4.78, 5) is 0. The molecule has 17 heavy (non-hydrogen) atoms. The van der Waals surface area contributed by atoms with Crippen molar-refractivity contribution in [1.29, 1.82) is 10.5 Å². The number of hydrogen-bond acceptors (Lipinski definition) is 3. The Morgan fingerprint density at radius 2 is 1.94 bits per heavy atom. The van der Waals surface area contributed by atoms with Crippen molar-refractivity contribution in [3.8, 4) is 12.1 Å². The second-order valence-corrected chi connectivity index (χ2v) is 4.53. The lowest BCUT2D eigenvalue weighted by molar-refractivity contribution is 0.228. The molecule has 1 aromatic rings. The summed E-state index contributed by atoms with van der Waals surface area (Å²) in [7, 11) is 0. The van der Waals surface area contributed by atoms with E-state index in [-0.39, 0.29) is 5.41 Å². The van der Waals surface area contributed by atoms with Gasteiger partial charge < -0.3 is 5.32 Å². The van der Waals surface area contributed by atoms with Gasteiger partial charge in [-0.25, -0.2) is 0 Å². The second kappa shape index (κ2) is 4.99. The molecule has 0 atom stereocenters. The van der Waals surface area contributed by atoms with E-state index in [1.54, 1.807) is 0 Å². The van der Waals surface area contributed by atoms with E-state index in [1.165, 1.54) is 0 Å². The van der Waals surface area contributed by atoms with Crippen LogP contribution in [0, 0.1) is 22.7 Å². The maximum absolute atomic E-state index is 9.35. The summed E-state index contributed by atoms with van der Waals surface area (Å²) >= 11 is 0. The smallest absolute Gasteiger partial charge is 0.0852 e. The number of rotatable bonds is 4. The van der Waals surface area contributed by atoms with Gasteiger partial charge in [-0.15, -0.1) is 0 Å². The minimum atomic E-state index is -0.314. The van der Waals surface area contributed by atoms with Crippen LogP contribution in [-0.2, 0) is 5.41 Å². The van der Waals surface area contributed by atoms with Gasteiger partial charge in [-0.2, -0.15) is 10.5 Å². The Kier molecular flexibility index (Phi) is 3.42. The highest BCUT2D eigenvalue weighted by Crippen LogP contribution is 2.43. The highest BCUT2D eigenvalue weighted by molar-refractivity contribution is 5.36. The van der Waals surface area contributed by atoms with Crippen molar-refractivity contribution >= 4 is 0 Å². The molecule has 0 heterocycles. The first-order chi connectivity index (χ1) is 8.30. The summed E-state index contributed by atoms with van der Waals surface area (Å²) in [6, 6.07) is 14.9. The van der Waals surface area contributed by atoms with E-state index < -0.39 is 0 Å². The van der Waals surface area contributed by atoms with Crippen molar-refractivity contribution in [2.75, 3.05) is 6.54 Å². The van der Waals surface area contributed by atoms with Gasteiger partial charge in [0.05, 0.1) is 17.6 Å². The maximum Gasteiger partial charge on any atom is 0.0852 e. The van der Waals surface area contributed by atoms with Gasteiger partial charge in [-0.3, -0.25) is 0 Å². The quantitative estimate of drug-likeness (QED) is 0.798. The monoisotopic (exact) mass is 225 g/mol. The Hall–Kier alpha value is -1.84. The highest BCUT2D eigenvalue weighted by Gasteiger charge is 2.45. The maximum atomic E-state index is 9.35. The zero-order valence-electron chi connectivity index (χ0n) is 9.69. The van der Waals surface area contributed by atoms with Gasteiger partial charge in [-0.1, -0.05) is 30.3 Å². The molecule has 0 aromatic heterocycles. The van der Waals surface area contributed by atoms with Crippen LogP contribution in [0.4, 0.5) is 0 Å². The third-order valence-electron chi connectivity index (χ3n) is 3.40. The van der Waals surface area contributed by atoms with E-state index in [0.717, 1.165) is 24.9 Å². The molecular formula is C14H15N3. The molecule has 1 saturated carbocycles. The van der Waals surface area contributed by atoms with Crippen molar-refractivity contribution in [1.82, 2.24) is 5.32 Å². The van der Waals surface area contributed by atoms with Gasteiger partial charge in [0.1, 0.15) is 0 Å². The van der Waals surface area contributed by atoms with E-state index in [1.807, 2.05) is 30.3 Å². The third kappa shape index (κ3) is 2.30. The van der Waals surface area contributed by atoms with Gasteiger partial charge >= 0.3 is 0 Å². The van der Waals surface area contributed by atoms with Gasteiger partial charge in [-0.05, 0) is 18.4 Å². The van der Waals surface area contributed by atoms with E-state index >= 15 is 0 Å². The lowest BCUT2D eigenvalue weighted by atomic mass is 9.62. The minimum absolute atomic E-state index is 0.314. The molecule has 86 valence electrons. The van der Waals surface area contributed by atoms with Crippen molar-refractivity contribution in [3.63, 3.8) is 0 Å². The number of nitriles is 2. The summed E-state index contributed by atoms with van der Waals surface area (Å²) < 4.78 is 0. The summed E-state index contributed by atoms with van der Waals surface area (Å²) in [5.41, 5.74) is 0.798. The molecule has 1 aromatic carbocycles. The molecule has 0 amide bonds. The highest BCUT2D eigenvalue weighted by atomic mass is 14.9. The van der Waals surface area contributed by atoms with E-state index in [2.05, 4.69) is 17.5 Å². The first kappa shape index (κ1) is 11.6. The van der Waals surface area contributed by atoms with Gasteiger partial charge in [0.25, 0.3) is 0 Å². The predicted molar refractivity (Wildman–Crippen MR) is 65.0 cm³/mol. The second-order valence-electron chi connectivity index (χ2n) is 4.53. The standard InChI is InChI=1S/C14H15N3/c15-7-4-8-17-13-9-14(10-13,11-16)12-5-2-1-3-6-12/h1-3,5-6,13,17H,4,8-10H2. The molecule has 1 aliphatic rings. The summed E-state index contributed by atoms with van der Waals surface area (Å²) in [5, 5.41) is 21.1. The van der Waals surface area contributed by atoms with E-state index in [4.69, 9.17) is 5.26 Å². The Balaban J connectivity index is 1.95. The topological polar surface area (TPSA) is 59.6 Å². The fraction of sp³-hybridized carbons (Fsp3) is 0.429. The first-order valence-corrected chi connectivity index (χ1v) is 5.88. The Bertz CT molecular complexity index is 447. The van der Waals surface area contributed by atoms with Crippen LogP contribution < -0.4 is 5.32 Å². The average molecular weight is 225 g/mol. The number of nitrogens with zero attached hydrogens (tertiary/aromatic N) is 2. The molecule has 0 spiro atoms. The molecule has 1 aliphatic carbocycles. The Morgan fingerprint density at radius 1 is 1.24 bits per heavy atom. The number of nitrogens with one attached hydrogen (secondary N) is 1. The van der Waals surface area contributed by atoms with Crippen LogP contribution in [-0.4, -0.2) is 12.6 Å². The van der Waals surface area contributed by atoms with Gasteiger partial charge in [0, 0.05) is 19.0 Å². The lowest BCUT2D eigenvalue weighted by Crippen LogP contribution is -2.51. The minimum Gasteiger partial charge on any atom is -0.313 e. The fourth-order valence-electron chi connectivity index (χ4n) is 2.41. The van der Waals surface area contributed by atoms with Crippen LogP contribution >= 0.6 is 0 Å². The van der Waals surface area contributed by atoms with Crippen LogP contribution in [0.5, 0.6) is 0 Å². The van der Waals surface area contributed by atoms with Crippen LogP contribution in [0.3, 0.4) is 0 Å². The normalized spacial score (nSPS) is 26.6. The Morgan fingerprint density at radius 3 is 2.53 bits per heavy atom. The molecule has 1 fully saturated rings. The summed E-state index contributed by atoms with van der Waals surface area (Å²) in [5.74, 6) is 0. The first-order valence-electron chi connectivity index (χ1n) is 5.88. The lowest BCUT2D eigenvalue weighted by Gasteiger charge is -2.43. The van der Waals surface area contributed by atoms with Crippen LogP contribution in [0.25, 0.3) is 0 Å². The van der Waals surface area contributed by atoms with Crippen molar-refractivity contribution in [2.45, 2.75) is 30.7 Å². The molecule has 0 aliphatic heterocycles.